The number of benzene rings is 1. The van der Waals surface area contributed by atoms with Gasteiger partial charge in [-0.1, -0.05) is 19.9 Å². The predicted octanol–water partition coefficient (Wildman–Crippen LogP) is 4.15. The minimum atomic E-state index is -0.177. The number of amides is 2. The lowest BCUT2D eigenvalue weighted by atomic mass is 10.1. The fourth-order valence-corrected chi connectivity index (χ4v) is 4.26. The summed E-state index contributed by atoms with van der Waals surface area (Å²) < 4.78 is 0. The molecule has 34 heavy (non-hydrogen) atoms. The molecule has 0 radical (unpaired) electrons. The van der Waals surface area contributed by atoms with E-state index in [-0.39, 0.29) is 11.8 Å². The number of carbonyl (C=O) groups is 2. The quantitative estimate of drug-likeness (QED) is 0.404. The van der Waals surface area contributed by atoms with Gasteiger partial charge in [0.1, 0.15) is 5.01 Å². The second-order valence-corrected chi connectivity index (χ2v) is 9.60. The zero-order chi connectivity index (χ0) is 24.5. The Labute approximate surface area is 205 Å². The Bertz CT molecular complexity index is 1110. The number of thiazole rings is 1. The lowest BCUT2D eigenvalue weighted by molar-refractivity contribution is 0.0785. The molecular formula is C26H33N5O2S. The van der Waals surface area contributed by atoms with Crippen molar-refractivity contribution in [3.63, 3.8) is 0 Å². The zero-order valence-corrected chi connectivity index (χ0v) is 21.1. The molecule has 0 bridgehead atoms. The van der Waals surface area contributed by atoms with Crippen LogP contribution in [0.2, 0.25) is 0 Å². The van der Waals surface area contributed by atoms with E-state index in [1.807, 2.05) is 24.6 Å². The number of carbonyl (C=O) groups excluding carboxylic acids is 2. The molecule has 0 aliphatic carbocycles. The Balaban J connectivity index is 1.42. The third kappa shape index (κ3) is 7.46. The molecule has 2 N–H and O–H groups in total. The molecule has 0 spiro atoms. The third-order valence-corrected chi connectivity index (χ3v) is 6.29. The van der Waals surface area contributed by atoms with Crippen LogP contribution in [0.5, 0.6) is 0 Å². The van der Waals surface area contributed by atoms with Crippen molar-refractivity contribution in [1.82, 2.24) is 25.5 Å². The summed E-state index contributed by atoms with van der Waals surface area (Å²) in [5.74, 6) is 0.0960. The minimum absolute atomic E-state index is 0.136. The molecule has 2 amide bonds. The molecule has 3 rings (SSSR count). The summed E-state index contributed by atoms with van der Waals surface area (Å²) in [5, 5.41) is 9.20. The van der Waals surface area contributed by atoms with Crippen molar-refractivity contribution in [3.05, 3.63) is 81.1 Å². The number of nitrogens with one attached hydrogen (secondary N) is 2. The molecule has 1 aromatic carbocycles. The van der Waals surface area contributed by atoms with Gasteiger partial charge in [-0.3, -0.25) is 14.6 Å². The van der Waals surface area contributed by atoms with Gasteiger partial charge in [0.05, 0.1) is 6.54 Å². The Morgan fingerprint density at radius 2 is 1.91 bits per heavy atom. The average molecular weight is 480 g/mol. The van der Waals surface area contributed by atoms with Gasteiger partial charge < -0.3 is 15.5 Å². The highest BCUT2D eigenvalue weighted by Gasteiger charge is 2.15. The SMILES string of the molecule is Cc1csc(CN(C)C(=O)c2cccc(C(=O)NCCCNCc3ccnc(C(C)C)c3)c2)n1. The Morgan fingerprint density at radius 3 is 2.65 bits per heavy atom. The highest BCUT2D eigenvalue weighted by atomic mass is 32.1. The Hall–Kier alpha value is -3.10. The summed E-state index contributed by atoms with van der Waals surface area (Å²) in [7, 11) is 1.74. The molecule has 0 saturated heterocycles. The number of pyridine rings is 1. The fourth-order valence-electron chi connectivity index (χ4n) is 3.43. The standard InChI is InChI=1S/C26H33N5O2S/c1-18(2)23-13-20(9-12-28-23)15-27-10-6-11-29-25(32)21-7-5-8-22(14-21)26(33)31(4)16-24-30-19(3)17-34-24/h5,7-9,12-14,17-18,27H,6,10-11,15-16H2,1-4H3,(H,29,32). The van der Waals surface area contributed by atoms with Crippen LogP contribution in [0.15, 0.2) is 48.0 Å². The first-order valence-electron chi connectivity index (χ1n) is 11.5. The third-order valence-electron chi connectivity index (χ3n) is 5.34. The largest absolute Gasteiger partial charge is 0.352 e. The van der Waals surface area contributed by atoms with E-state index in [2.05, 4.69) is 40.5 Å². The van der Waals surface area contributed by atoms with E-state index < -0.39 is 0 Å². The molecule has 8 heteroatoms. The number of hydrogen-bond acceptors (Lipinski definition) is 6. The first kappa shape index (κ1) is 25.5. The molecular weight excluding hydrogens is 446 g/mol. The van der Waals surface area contributed by atoms with Crippen LogP contribution >= 0.6 is 11.3 Å². The van der Waals surface area contributed by atoms with Gasteiger partial charge >= 0.3 is 0 Å². The summed E-state index contributed by atoms with van der Waals surface area (Å²) in [6.07, 6.45) is 2.66. The van der Waals surface area contributed by atoms with Crippen molar-refractivity contribution >= 4 is 23.2 Å². The number of aromatic nitrogens is 2. The maximum Gasteiger partial charge on any atom is 0.253 e. The van der Waals surface area contributed by atoms with E-state index in [1.165, 1.54) is 16.9 Å². The molecule has 0 saturated carbocycles. The van der Waals surface area contributed by atoms with Gasteiger partial charge in [-0.15, -0.1) is 11.3 Å². The van der Waals surface area contributed by atoms with Crippen LogP contribution in [0.4, 0.5) is 0 Å². The van der Waals surface area contributed by atoms with Crippen molar-refractivity contribution in [2.75, 3.05) is 20.1 Å². The normalized spacial score (nSPS) is 11.0. The van der Waals surface area contributed by atoms with Crippen LogP contribution < -0.4 is 10.6 Å². The van der Waals surface area contributed by atoms with Crippen molar-refractivity contribution in [1.29, 1.82) is 0 Å². The van der Waals surface area contributed by atoms with Gasteiger partial charge in [0, 0.05) is 54.2 Å². The predicted molar refractivity (Wildman–Crippen MR) is 136 cm³/mol. The molecule has 0 fully saturated rings. The fraction of sp³-hybridized carbons (Fsp3) is 0.385. The summed E-state index contributed by atoms with van der Waals surface area (Å²) in [4.78, 5) is 35.8. The van der Waals surface area contributed by atoms with Crippen LogP contribution in [-0.2, 0) is 13.1 Å². The first-order chi connectivity index (χ1) is 16.3. The summed E-state index contributed by atoms with van der Waals surface area (Å²) in [5.41, 5.74) is 4.22. The van der Waals surface area contributed by atoms with E-state index in [0.29, 0.717) is 30.1 Å². The highest BCUT2D eigenvalue weighted by molar-refractivity contribution is 7.09. The maximum absolute atomic E-state index is 12.8. The summed E-state index contributed by atoms with van der Waals surface area (Å²) >= 11 is 1.54. The second-order valence-electron chi connectivity index (χ2n) is 8.65. The van der Waals surface area contributed by atoms with Crippen LogP contribution in [0, 0.1) is 6.92 Å². The molecule has 3 aromatic rings. The second kappa shape index (κ2) is 12.4. The molecule has 0 unspecified atom stereocenters. The van der Waals surface area contributed by atoms with E-state index in [1.54, 1.807) is 36.2 Å². The maximum atomic E-state index is 12.8. The van der Waals surface area contributed by atoms with E-state index in [4.69, 9.17) is 0 Å². The minimum Gasteiger partial charge on any atom is -0.352 e. The topological polar surface area (TPSA) is 87.2 Å². The lowest BCUT2D eigenvalue weighted by Crippen LogP contribution is -2.28. The van der Waals surface area contributed by atoms with Gasteiger partial charge in [-0.05, 0) is 61.7 Å². The number of rotatable bonds is 11. The smallest absolute Gasteiger partial charge is 0.253 e. The first-order valence-corrected chi connectivity index (χ1v) is 12.4. The molecule has 0 aliphatic heterocycles. The summed E-state index contributed by atoms with van der Waals surface area (Å²) in [6.45, 7) is 8.77. The van der Waals surface area contributed by atoms with E-state index in [9.17, 15) is 9.59 Å². The van der Waals surface area contributed by atoms with Gasteiger partial charge in [0.15, 0.2) is 0 Å². The van der Waals surface area contributed by atoms with Crippen LogP contribution in [0.25, 0.3) is 0 Å². The van der Waals surface area contributed by atoms with Crippen LogP contribution in [0.1, 0.15) is 68.9 Å². The summed E-state index contributed by atoms with van der Waals surface area (Å²) in [6, 6.07) is 11.0. The number of aryl methyl sites for hydroxylation is 1. The highest BCUT2D eigenvalue weighted by Crippen LogP contribution is 2.14. The monoisotopic (exact) mass is 479 g/mol. The van der Waals surface area contributed by atoms with Gasteiger partial charge in [0.25, 0.3) is 11.8 Å². The molecule has 2 heterocycles. The van der Waals surface area contributed by atoms with Crippen molar-refractivity contribution < 1.29 is 9.59 Å². The Morgan fingerprint density at radius 1 is 1.12 bits per heavy atom. The van der Waals surface area contributed by atoms with Crippen molar-refractivity contribution in [3.8, 4) is 0 Å². The van der Waals surface area contributed by atoms with Crippen molar-refractivity contribution in [2.45, 2.75) is 46.2 Å². The molecule has 0 aliphatic rings. The van der Waals surface area contributed by atoms with Crippen LogP contribution in [0.3, 0.4) is 0 Å². The van der Waals surface area contributed by atoms with E-state index in [0.717, 1.165) is 35.9 Å². The molecule has 2 aromatic heterocycles. The zero-order valence-electron chi connectivity index (χ0n) is 20.3. The van der Waals surface area contributed by atoms with E-state index >= 15 is 0 Å². The molecule has 0 atom stereocenters. The number of nitrogens with zero attached hydrogens (tertiary/aromatic N) is 3. The van der Waals surface area contributed by atoms with Gasteiger partial charge in [-0.25, -0.2) is 4.98 Å². The molecule has 180 valence electrons. The van der Waals surface area contributed by atoms with Crippen molar-refractivity contribution in [2.24, 2.45) is 0 Å². The molecule has 7 nitrogen and oxygen atoms in total. The average Bonchev–Trinajstić information content (AvgIpc) is 3.25. The number of hydrogen-bond donors (Lipinski definition) is 2. The van der Waals surface area contributed by atoms with Gasteiger partial charge in [-0.2, -0.15) is 0 Å². The Kier molecular flexibility index (Phi) is 9.30. The lowest BCUT2D eigenvalue weighted by Gasteiger charge is -2.16. The van der Waals surface area contributed by atoms with Gasteiger partial charge in [0.2, 0.25) is 0 Å². The van der Waals surface area contributed by atoms with Crippen LogP contribution in [-0.4, -0.2) is 46.8 Å².